The predicted molar refractivity (Wildman–Crippen MR) is 39.0 cm³/mol. The van der Waals surface area contributed by atoms with E-state index in [1.54, 1.807) is 6.92 Å². The van der Waals surface area contributed by atoms with Gasteiger partial charge in [-0.2, -0.15) is 0 Å². The van der Waals surface area contributed by atoms with Crippen LogP contribution in [0.1, 0.15) is 22.8 Å². The Morgan fingerprint density at radius 1 is 1.64 bits per heavy atom. The molecule has 0 saturated carbocycles. The Kier molecular flexibility index (Phi) is 2.31. The number of aldehydes is 1. The number of pyridine rings is 1. The second kappa shape index (κ2) is 3.23. The molecular weight excluding hydrogens is 145 g/mol. The maximum Gasteiger partial charge on any atom is 0.151 e. The van der Waals surface area contributed by atoms with Crippen LogP contribution in [-0.2, 0) is 6.42 Å². The van der Waals surface area contributed by atoms with E-state index >= 15 is 0 Å². The largest absolute Gasteiger partial charge is 0.298 e. The van der Waals surface area contributed by atoms with Gasteiger partial charge in [0.1, 0.15) is 5.82 Å². The topological polar surface area (TPSA) is 30.0 Å². The third-order valence-corrected chi connectivity index (χ3v) is 1.52. The molecule has 0 aliphatic heterocycles. The van der Waals surface area contributed by atoms with Crippen molar-refractivity contribution in [3.8, 4) is 0 Å². The van der Waals surface area contributed by atoms with Gasteiger partial charge in [0.05, 0.1) is 6.20 Å². The van der Waals surface area contributed by atoms with Crippen molar-refractivity contribution in [3.05, 3.63) is 29.3 Å². The summed E-state index contributed by atoms with van der Waals surface area (Å²) in [5.74, 6) is -0.405. The first-order valence-corrected chi connectivity index (χ1v) is 3.37. The van der Waals surface area contributed by atoms with Gasteiger partial charge in [0.25, 0.3) is 0 Å². The van der Waals surface area contributed by atoms with Gasteiger partial charge < -0.3 is 0 Å². The highest BCUT2D eigenvalue weighted by Crippen LogP contribution is 2.09. The minimum atomic E-state index is -0.405. The van der Waals surface area contributed by atoms with Gasteiger partial charge in [0.15, 0.2) is 6.29 Å². The summed E-state index contributed by atoms with van der Waals surface area (Å²) in [6, 6.07) is 0. The van der Waals surface area contributed by atoms with Crippen molar-refractivity contribution in [1.29, 1.82) is 0 Å². The summed E-state index contributed by atoms with van der Waals surface area (Å²) in [5, 5.41) is 0. The minimum Gasteiger partial charge on any atom is -0.298 e. The Morgan fingerprint density at radius 3 is 2.82 bits per heavy atom. The number of rotatable bonds is 2. The monoisotopic (exact) mass is 153 g/mol. The molecule has 0 atom stereocenters. The third kappa shape index (κ3) is 1.42. The number of halogens is 1. The maximum atomic E-state index is 12.8. The maximum absolute atomic E-state index is 12.8. The Hall–Kier alpha value is -1.25. The van der Waals surface area contributed by atoms with Gasteiger partial charge in [0.2, 0.25) is 0 Å². The number of aromatic nitrogens is 1. The molecule has 58 valence electrons. The summed E-state index contributed by atoms with van der Waals surface area (Å²) in [6.45, 7) is 1.80. The molecular formula is C8H8FNO. The Morgan fingerprint density at radius 2 is 2.36 bits per heavy atom. The predicted octanol–water partition coefficient (Wildman–Crippen LogP) is 1.60. The van der Waals surface area contributed by atoms with E-state index in [2.05, 4.69) is 4.98 Å². The molecule has 11 heavy (non-hydrogen) atoms. The van der Waals surface area contributed by atoms with E-state index in [4.69, 9.17) is 0 Å². The van der Waals surface area contributed by atoms with Crippen LogP contribution in [0.5, 0.6) is 0 Å². The highest BCUT2D eigenvalue weighted by Gasteiger charge is 2.04. The number of hydrogen-bond acceptors (Lipinski definition) is 2. The second-order valence-corrected chi connectivity index (χ2v) is 2.16. The van der Waals surface area contributed by atoms with Gasteiger partial charge in [-0.1, -0.05) is 6.92 Å². The quantitative estimate of drug-likeness (QED) is 0.604. The molecule has 0 saturated heterocycles. The normalized spacial score (nSPS) is 9.64. The van der Waals surface area contributed by atoms with E-state index in [9.17, 15) is 9.18 Å². The average molecular weight is 153 g/mol. The summed E-state index contributed by atoms with van der Waals surface area (Å²) < 4.78 is 12.8. The first-order valence-electron chi connectivity index (χ1n) is 3.37. The molecule has 1 rings (SSSR count). The molecule has 0 unspecified atom stereocenters. The zero-order valence-corrected chi connectivity index (χ0v) is 6.17. The molecule has 0 spiro atoms. The average Bonchev–Trinajstić information content (AvgIpc) is 2.04. The summed E-state index contributed by atoms with van der Waals surface area (Å²) in [6.07, 6.45) is 3.62. The highest BCUT2D eigenvalue weighted by atomic mass is 19.1. The molecule has 3 heteroatoms. The number of nitrogens with zero attached hydrogens (tertiary/aromatic N) is 1. The van der Waals surface area contributed by atoms with Gasteiger partial charge in [-0.05, 0) is 6.42 Å². The fourth-order valence-corrected chi connectivity index (χ4v) is 0.951. The summed E-state index contributed by atoms with van der Waals surface area (Å²) >= 11 is 0. The van der Waals surface area contributed by atoms with Gasteiger partial charge >= 0.3 is 0 Å². The van der Waals surface area contributed by atoms with Crippen LogP contribution in [0, 0.1) is 5.82 Å². The van der Waals surface area contributed by atoms with Crippen molar-refractivity contribution in [2.24, 2.45) is 0 Å². The summed E-state index contributed by atoms with van der Waals surface area (Å²) in [5.41, 5.74) is 0.780. The molecule has 0 aromatic carbocycles. The van der Waals surface area contributed by atoms with Gasteiger partial charge in [-0.15, -0.1) is 0 Å². The van der Waals surface area contributed by atoms with Crippen molar-refractivity contribution in [2.75, 3.05) is 0 Å². The van der Waals surface area contributed by atoms with Crippen LogP contribution < -0.4 is 0 Å². The molecule has 0 N–H and O–H groups in total. The van der Waals surface area contributed by atoms with Gasteiger partial charge in [-0.25, -0.2) is 4.39 Å². The van der Waals surface area contributed by atoms with Gasteiger partial charge in [0, 0.05) is 17.3 Å². The third-order valence-electron chi connectivity index (χ3n) is 1.52. The lowest BCUT2D eigenvalue weighted by atomic mass is 10.1. The second-order valence-electron chi connectivity index (χ2n) is 2.16. The van der Waals surface area contributed by atoms with E-state index in [0.29, 0.717) is 23.8 Å². The first kappa shape index (κ1) is 7.85. The van der Waals surface area contributed by atoms with Crippen LogP contribution in [0.3, 0.4) is 0 Å². The Bertz CT molecular complexity index is 273. The van der Waals surface area contributed by atoms with Crippen molar-refractivity contribution in [2.45, 2.75) is 13.3 Å². The van der Waals surface area contributed by atoms with E-state index in [1.807, 2.05) is 0 Å². The Labute approximate surface area is 64.1 Å². The highest BCUT2D eigenvalue weighted by molar-refractivity contribution is 5.76. The molecule has 1 heterocycles. The van der Waals surface area contributed by atoms with Crippen LogP contribution >= 0.6 is 0 Å². The van der Waals surface area contributed by atoms with Crippen LogP contribution in [0.2, 0.25) is 0 Å². The number of carbonyl (C=O) groups excluding carboxylic acids is 1. The van der Waals surface area contributed by atoms with Gasteiger partial charge in [-0.3, -0.25) is 9.78 Å². The van der Waals surface area contributed by atoms with Crippen LogP contribution in [0.4, 0.5) is 4.39 Å². The lowest BCUT2D eigenvalue weighted by Gasteiger charge is -2.00. The van der Waals surface area contributed by atoms with Crippen LogP contribution in [0.15, 0.2) is 12.4 Å². The van der Waals surface area contributed by atoms with Crippen LogP contribution in [-0.4, -0.2) is 11.3 Å². The van der Waals surface area contributed by atoms with E-state index in [0.717, 1.165) is 6.20 Å². The number of carbonyl (C=O) groups is 1. The molecule has 0 fully saturated rings. The fourth-order valence-electron chi connectivity index (χ4n) is 0.951. The molecule has 0 aliphatic rings. The van der Waals surface area contributed by atoms with E-state index < -0.39 is 5.82 Å². The molecule has 2 nitrogen and oxygen atoms in total. The number of hydrogen-bond donors (Lipinski definition) is 0. The molecule has 1 aromatic heterocycles. The molecule has 0 radical (unpaired) electrons. The van der Waals surface area contributed by atoms with E-state index in [-0.39, 0.29) is 0 Å². The SMILES string of the molecule is CCc1c(F)cncc1C=O. The molecule has 0 amide bonds. The zero-order valence-electron chi connectivity index (χ0n) is 6.17. The molecule has 0 aliphatic carbocycles. The van der Waals surface area contributed by atoms with Crippen molar-refractivity contribution in [1.82, 2.24) is 4.98 Å². The minimum absolute atomic E-state index is 0.340. The summed E-state index contributed by atoms with van der Waals surface area (Å²) in [7, 11) is 0. The van der Waals surface area contributed by atoms with Crippen molar-refractivity contribution < 1.29 is 9.18 Å². The standard InChI is InChI=1S/C8H8FNO/c1-2-7-6(5-11)3-10-4-8(7)9/h3-5H,2H2,1H3. The van der Waals surface area contributed by atoms with Crippen molar-refractivity contribution in [3.63, 3.8) is 0 Å². The fraction of sp³-hybridized carbons (Fsp3) is 0.250. The summed E-state index contributed by atoms with van der Waals surface area (Å²) in [4.78, 5) is 13.9. The van der Waals surface area contributed by atoms with Crippen molar-refractivity contribution >= 4 is 6.29 Å². The van der Waals surface area contributed by atoms with E-state index in [1.165, 1.54) is 6.20 Å². The lowest BCUT2D eigenvalue weighted by molar-refractivity contribution is 0.112. The lowest BCUT2D eigenvalue weighted by Crippen LogP contribution is -1.96. The molecule has 1 aromatic rings. The van der Waals surface area contributed by atoms with Crippen LogP contribution in [0.25, 0.3) is 0 Å². The molecule has 0 bridgehead atoms. The first-order chi connectivity index (χ1) is 5.29. The smallest absolute Gasteiger partial charge is 0.151 e. The zero-order chi connectivity index (χ0) is 8.27. The Balaban J connectivity index is 3.23.